The number of nitrogens with one attached hydrogen (secondary N) is 1. The smallest absolute Gasteiger partial charge is 0.204 e. The van der Waals surface area contributed by atoms with E-state index in [1.165, 1.54) is 0 Å². The maximum atomic E-state index is 6.20. The first-order valence-corrected chi connectivity index (χ1v) is 7.65. The van der Waals surface area contributed by atoms with Crippen molar-refractivity contribution in [2.45, 2.75) is 13.8 Å². The summed E-state index contributed by atoms with van der Waals surface area (Å²) >= 11 is 6.20. The van der Waals surface area contributed by atoms with Gasteiger partial charge in [0.15, 0.2) is 5.82 Å². The summed E-state index contributed by atoms with van der Waals surface area (Å²) in [5.74, 6) is 1.49. The van der Waals surface area contributed by atoms with Crippen LogP contribution in [0.2, 0.25) is 5.02 Å². The van der Waals surface area contributed by atoms with Crippen molar-refractivity contribution in [3.63, 3.8) is 0 Å². The van der Waals surface area contributed by atoms with Gasteiger partial charge in [-0.15, -0.1) is 10.2 Å². The molecule has 0 fully saturated rings. The van der Waals surface area contributed by atoms with E-state index in [1.54, 1.807) is 0 Å². The van der Waals surface area contributed by atoms with Gasteiger partial charge in [0.2, 0.25) is 5.65 Å². The molecule has 23 heavy (non-hydrogen) atoms. The molecule has 0 amide bonds. The summed E-state index contributed by atoms with van der Waals surface area (Å²) in [5.41, 5.74) is 4.44. The minimum atomic E-state index is 0.662. The molecule has 4 rings (SSSR count). The van der Waals surface area contributed by atoms with Crippen molar-refractivity contribution >= 4 is 39.8 Å². The number of rotatable bonds is 2. The van der Waals surface area contributed by atoms with Gasteiger partial charge in [0.1, 0.15) is 5.82 Å². The molecule has 4 aromatic rings. The summed E-state index contributed by atoms with van der Waals surface area (Å²) in [7, 11) is 0. The predicted octanol–water partition coefficient (Wildman–Crippen LogP) is 4.29. The topological polar surface area (TPSA) is 55.1 Å². The Morgan fingerprint density at radius 1 is 1.00 bits per heavy atom. The monoisotopic (exact) mass is 323 g/mol. The van der Waals surface area contributed by atoms with Gasteiger partial charge in [0, 0.05) is 10.7 Å². The number of para-hydroxylation sites is 2. The highest BCUT2D eigenvalue weighted by molar-refractivity contribution is 6.31. The molecule has 0 aliphatic rings. The number of hydrogen-bond donors (Lipinski definition) is 1. The second-order valence-electron chi connectivity index (χ2n) is 5.39. The molecule has 0 unspecified atom stereocenters. The van der Waals surface area contributed by atoms with E-state index in [0.717, 1.165) is 28.1 Å². The van der Waals surface area contributed by atoms with Gasteiger partial charge in [-0.3, -0.25) is 4.40 Å². The van der Waals surface area contributed by atoms with Crippen molar-refractivity contribution in [2.75, 3.05) is 5.32 Å². The maximum absolute atomic E-state index is 6.20. The molecule has 0 aliphatic carbocycles. The summed E-state index contributed by atoms with van der Waals surface area (Å²) in [6, 6.07) is 13.7. The molecule has 6 heteroatoms. The van der Waals surface area contributed by atoms with Crippen LogP contribution in [0.3, 0.4) is 0 Å². The van der Waals surface area contributed by atoms with Crippen molar-refractivity contribution in [1.29, 1.82) is 0 Å². The third-order valence-corrected chi connectivity index (χ3v) is 4.32. The molecule has 114 valence electrons. The Bertz CT molecular complexity index is 1040. The van der Waals surface area contributed by atoms with E-state index in [2.05, 4.69) is 15.5 Å². The fraction of sp³-hybridized carbons (Fsp3) is 0.118. The standard InChI is InChI=1S/C17H14ClN5/c1-10-12(18)6-5-8-13(10)19-16-17-22-21-11(2)23(17)15-9-4-3-7-14(15)20-16/h3-9H,1-2H3,(H,19,20). The van der Waals surface area contributed by atoms with Crippen LogP contribution in [0.4, 0.5) is 11.5 Å². The Morgan fingerprint density at radius 3 is 2.70 bits per heavy atom. The van der Waals surface area contributed by atoms with E-state index in [4.69, 9.17) is 16.6 Å². The molecule has 0 aliphatic heterocycles. The SMILES string of the molecule is Cc1c(Cl)cccc1Nc1nc2ccccc2n2c(C)nnc12. The molecular weight excluding hydrogens is 310 g/mol. The molecule has 0 saturated carbocycles. The summed E-state index contributed by atoms with van der Waals surface area (Å²) in [5, 5.41) is 12.5. The van der Waals surface area contributed by atoms with Crippen LogP contribution in [0.5, 0.6) is 0 Å². The van der Waals surface area contributed by atoms with Gasteiger partial charge in [-0.1, -0.05) is 29.8 Å². The zero-order valence-electron chi connectivity index (χ0n) is 12.7. The molecular formula is C17H14ClN5. The summed E-state index contributed by atoms with van der Waals surface area (Å²) in [4.78, 5) is 4.71. The highest BCUT2D eigenvalue weighted by Gasteiger charge is 2.14. The number of hydrogen-bond acceptors (Lipinski definition) is 4. The van der Waals surface area contributed by atoms with Crippen LogP contribution >= 0.6 is 11.6 Å². The van der Waals surface area contributed by atoms with Crippen molar-refractivity contribution in [1.82, 2.24) is 19.6 Å². The molecule has 2 heterocycles. The van der Waals surface area contributed by atoms with Crippen molar-refractivity contribution in [3.8, 4) is 0 Å². The van der Waals surface area contributed by atoms with E-state index >= 15 is 0 Å². The molecule has 0 radical (unpaired) electrons. The average Bonchev–Trinajstić information content (AvgIpc) is 2.94. The summed E-state index contributed by atoms with van der Waals surface area (Å²) in [6.07, 6.45) is 0. The van der Waals surface area contributed by atoms with Gasteiger partial charge in [-0.25, -0.2) is 4.98 Å². The molecule has 1 N–H and O–H groups in total. The van der Waals surface area contributed by atoms with Gasteiger partial charge < -0.3 is 5.32 Å². The summed E-state index contributed by atoms with van der Waals surface area (Å²) < 4.78 is 2.00. The second kappa shape index (κ2) is 5.21. The minimum absolute atomic E-state index is 0.662. The molecule has 0 spiro atoms. The molecule has 2 aromatic heterocycles. The van der Waals surface area contributed by atoms with Gasteiger partial charge in [0.05, 0.1) is 11.0 Å². The third-order valence-electron chi connectivity index (χ3n) is 3.91. The highest BCUT2D eigenvalue weighted by Crippen LogP contribution is 2.28. The number of nitrogens with zero attached hydrogens (tertiary/aromatic N) is 4. The largest absolute Gasteiger partial charge is 0.337 e. The van der Waals surface area contributed by atoms with Crippen molar-refractivity contribution in [2.24, 2.45) is 0 Å². The van der Waals surface area contributed by atoms with Crippen LogP contribution in [-0.4, -0.2) is 19.6 Å². The maximum Gasteiger partial charge on any atom is 0.204 e. The first-order chi connectivity index (χ1) is 11.1. The van der Waals surface area contributed by atoms with Gasteiger partial charge in [-0.2, -0.15) is 0 Å². The Balaban J connectivity index is 1.97. The quantitative estimate of drug-likeness (QED) is 0.598. The fourth-order valence-electron chi connectivity index (χ4n) is 2.68. The number of fused-ring (bicyclic) bond motifs is 3. The Kier molecular flexibility index (Phi) is 3.16. The van der Waals surface area contributed by atoms with Crippen LogP contribution in [0.25, 0.3) is 16.7 Å². The normalized spacial score (nSPS) is 11.3. The zero-order chi connectivity index (χ0) is 16.0. The Morgan fingerprint density at radius 2 is 1.83 bits per heavy atom. The zero-order valence-corrected chi connectivity index (χ0v) is 13.5. The third kappa shape index (κ3) is 2.21. The number of aryl methyl sites for hydroxylation is 1. The molecule has 5 nitrogen and oxygen atoms in total. The van der Waals surface area contributed by atoms with Gasteiger partial charge in [-0.05, 0) is 43.7 Å². The van der Waals surface area contributed by atoms with Crippen LogP contribution in [0, 0.1) is 13.8 Å². The van der Waals surface area contributed by atoms with E-state index < -0.39 is 0 Å². The van der Waals surface area contributed by atoms with Gasteiger partial charge in [0.25, 0.3) is 0 Å². The lowest BCUT2D eigenvalue weighted by molar-refractivity contribution is 1.02. The van der Waals surface area contributed by atoms with E-state index in [0.29, 0.717) is 16.5 Å². The molecule has 0 bridgehead atoms. The highest BCUT2D eigenvalue weighted by atomic mass is 35.5. The number of anilines is 2. The predicted molar refractivity (Wildman–Crippen MR) is 92.5 cm³/mol. The van der Waals surface area contributed by atoms with E-state index in [9.17, 15) is 0 Å². The number of halogens is 1. The lowest BCUT2D eigenvalue weighted by Gasteiger charge is -2.12. The number of aromatic nitrogens is 4. The first kappa shape index (κ1) is 14.0. The van der Waals surface area contributed by atoms with Gasteiger partial charge >= 0.3 is 0 Å². The lowest BCUT2D eigenvalue weighted by atomic mass is 10.2. The van der Waals surface area contributed by atoms with E-state index in [-0.39, 0.29) is 0 Å². The molecule has 0 saturated heterocycles. The summed E-state index contributed by atoms with van der Waals surface area (Å²) in [6.45, 7) is 3.90. The van der Waals surface area contributed by atoms with Crippen molar-refractivity contribution < 1.29 is 0 Å². The average molecular weight is 324 g/mol. The minimum Gasteiger partial charge on any atom is -0.337 e. The Labute approximate surface area is 137 Å². The van der Waals surface area contributed by atoms with Crippen LogP contribution < -0.4 is 5.32 Å². The van der Waals surface area contributed by atoms with E-state index in [1.807, 2.05) is 60.7 Å². The molecule has 2 aromatic carbocycles. The van der Waals surface area contributed by atoms with Crippen LogP contribution in [0.15, 0.2) is 42.5 Å². The second-order valence-corrected chi connectivity index (χ2v) is 5.80. The van der Waals surface area contributed by atoms with Crippen LogP contribution in [-0.2, 0) is 0 Å². The first-order valence-electron chi connectivity index (χ1n) is 7.28. The number of benzene rings is 2. The fourth-order valence-corrected chi connectivity index (χ4v) is 2.85. The lowest BCUT2D eigenvalue weighted by Crippen LogP contribution is -2.02. The Hall–Kier alpha value is -2.66. The van der Waals surface area contributed by atoms with Crippen molar-refractivity contribution in [3.05, 3.63) is 58.9 Å². The molecule has 0 atom stereocenters. The van der Waals surface area contributed by atoms with Crippen LogP contribution in [0.1, 0.15) is 11.4 Å².